The lowest BCUT2D eigenvalue weighted by molar-refractivity contribution is -0.116. The average molecular weight is 422 g/mol. The molecule has 0 saturated carbocycles. The molecule has 1 atom stereocenters. The van der Waals surface area contributed by atoms with Crippen LogP contribution >= 0.6 is 0 Å². The van der Waals surface area contributed by atoms with Crippen molar-refractivity contribution in [3.63, 3.8) is 0 Å². The Bertz CT molecular complexity index is 1210. The van der Waals surface area contributed by atoms with Crippen molar-refractivity contribution in [2.75, 3.05) is 9.62 Å². The topological polar surface area (TPSA) is 127 Å². The highest BCUT2D eigenvalue weighted by molar-refractivity contribution is 7.93. The van der Waals surface area contributed by atoms with Crippen LogP contribution in [0.5, 0.6) is 0 Å². The molecule has 2 heterocycles. The maximum Gasteiger partial charge on any atom is 0.264 e. The largest absolute Gasteiger partial charge is 0.326 e. The third kappa shape index (κ3) is 3.07. The van der Waals surface area contributed by atoms with E-state index in [4.69, 9.17) is 5.14 Å². The van der Waals surface area contributed by atoms with Gasteiger partial charge in [0, 0.05) is 18.2 Å². The number of aryl methyl sites for hydroxylation is 1. The standard InChI is InChI=1S/C18H19N3O5S2/c1-11-8-13-10-14(27(19,23)24)4-6-17(13)21(11)28(25,26)15-3-5-16-12(9-15)2-7-18(22)20-16/h3-6,9-11H,2,7-8H2,1H3,(H,20,22)(H2,19,23,24). The summed E-state index contributed by atoms with van der Waals surface area (Å²) in [4.78, 5) is 11.6. The Hall–Kier alpha value is -2.43. The maximum atomic E-state index is 13.3. The van der Waals surface area contributed by atoms with Crippen molar-refractivity contribution < 1.29 is 21.6 Å². The summed E-state index contributed by atoms with van der Waals surface area (Å²) in [6.45, 7) is 1.77. The Labute approximate surface area is 163 Å². The summed E-state index contributed by atoms with van der Waals surface area (Å²) in [5.74, 6) is -0.0872. The van der Waals surface area contributed by atoms with Gasteiger partial charge in [-0.25, -0.2) is 22.0 Å². The maximum absolute atomic E-state index is 13.3. The Morgan fingerprint density at radius 1 is 1.00 bits per heavy atom. The number of rotatable bonds is 3. The molecule has 0 bridgehead atoms. The fraction of sp³-hybridized carbons (Fsp3) is 0.278. The average Bonchev–Trinajstić information content (AvgIpc) is 2.95. The Balaban J connectivity index is 1.76. The molecule has 0 spiro atoms. The summed E-state index contributed by atoms with van der Waals surface area (Å²) >= 11 is 0. The van der Waals surface area contributed by atoms with Crippen LogP contribution in [0.1, 0.15) is 24.5 Å². The molecule has 8 nitrogen and oxygen atoms in total. The third-order valence-electron chi connectivity index (χ3n) is 5.06. The minimum atomic E-state index is -3.86. The smallest absolute Gasteiger partial charge is 0.264 e. The molecule has 4 rings (SSSR count). The summed E-state index contributed by atoms with van der Waals surface area (Å²) in [7, 11) is -7.72. The number of nitrogens with zero attached hydrogens (tertiary/aromatic N) is 1. The van der Waals surface area contributed by atoms with Crippen LogP contribution in [0, 0.1) is 0 Å². The van der Waals surface area contributed by atoms with Crippen molar-refractivity contribution in [3.05, 3.63) is 47.5 Å². The van der Waals surface area contributed by atoms with Crippen molar-refractivity contribution in [2.45, 2.75) is 42.0 Å². The summed E-state index contributed by atoms with van der Waals surface area (Å²) in [5.41, 5.74) is 2.47. The zero-order chi connectivity index (χ0) is 20.3. The van der Waals surface area contributed by atoms with Crippen molar-refractivity contribution >= 4 is 37.3 Å². The number of nitrogens with two attached hydrogens (primary N) is 1. The minimum Gasteiger partial charge on any atom is -0.326 e. The van der Waals surface area contributed by atoms with Gasteiger partial charge in [0.2, 0.25) is 15.9 Å². The van der Waals surface area contributed by atoms with Gasteiger partial charge in [0.05, 0.1) is 15.5 Å². The second-order valence-electron chi connectivity index (χ2n) is 7.06. The number of carbonyl (C=O) groups excluding carboxylic acids is 1. The second kappa shape index (κ2) is 6.29. The number of hydrogen-bond donors (Lipinski definition) is 2. The first-order valence-electron chi connectivity index (χ1n) is 8.70. The van der Waals surface area contributed by atoms with Gasteiger partial charge in [-0.1, -0.05) is 0 Å². The highest BCUT2D eigenvalue weighted by Gasteiger charge is 2.37. The number of primary sulfonamides is 1. The summed E-state index contributed by atoms with van der Waals surface area (Å²) in [5, 5.41) is 7.92. The van der Waals surface area contributed by atoms with Gasteiger partial charge in [-0.3, -0.25) is 9.10 Å². The molecule has 0 aromatic heterocycles. The van der Waals surface area contributed by atoms with Crippen LogP contribution in [-0.4, -0.2) is 28.8 Å². The Morgan fingerprint density at radius 3 is 2.39 bits per heavy atom. The monoisotopic (exact) mass is 421 g/mol. The molecule has 0 saturated heterocycles. The van der Waals surface area contributed by atoms with E-state index in [0.717, 1.165) is 5.56 Å². The summed E-state index contributed by atoms with van der Waals surface area (Å²) < 4.78 is 51.2. The van der Waals surface area contributed by atoms with Gasteiger partial charge in [0.15, 0.2) is 0 Å². The number of sulfonamides is 2. The molecule has 2 aliphatic rings. The van der Waals surface area contributed by atoms with E-state index in [0.29, 0.717) is 36.2 Å². The molecule has 0 radical (unpaired) electrons. The SMILES string of the molecule is CC1Cc2cc(S(N)(=O)=O)ccc2N1S(=O)(=O)c1ccc2c(c1)CCC(=O)N2. The highest BCUT2D eigenvalue weighted by Crippen LogP contribution is 2.38. The van der Waals surface area contributed by atoms with E-state index in [2.05, 4.69) is 5.32 Å². The van der Waals surface area contributed by atoms with Crippen molar-refractivity contribution in [1.82, 2.24) is 0 Å². The predicted octanol–water partition coefficient (Wildman–Crippen LogP) is 1.36. The molecular weight excluding hydrogens is 402 g/mol. The molecule has 28 heavy (non-hydrogen) atoms. The zero-order valence-electron chi connectivity index (χ0n) is 15.0. The molecule has 2 aliphatic heterocycles. The van der Waals surface area contributed by atoms with Crippen molar-refractivity contribution in [3.8, 4) is 0 Å². The Morgan fingerprint density at radius 2 is 1.68 bits per heavy atom. The number of anilines is 2. The van der Waals surface area contributed by atoms with Crippen LogP contribution < -0.4 is 14.8 Å². The minimum absolute atomic E-state index is 0.0396. The zero-order valence-corrected chi connectivity index (χ0v) is 16.7. The van der Waals surface area contributed by atoms with E-state index in [9.17, 15) is 21.6 Å². The lowest BCUT2D eigenvalue weighted by Gasteiger charge is -2.25. The van der Waals surface area contributed by atoms with Gasteiger partial charge >= 0.3 is 0 Å². The molecule has 3 N–H and O–H groups in total. The number of amides is 1. The van der Waals surface area contributed by atoms with Crippen LogP contribution in [-0.2, 0) is 37.7 Å². The van der Waals surface area contributed by atoms with E-state index < -0.39 is 20.0 Å². The van der Waals surface area contributed by atoms with E-state index in [1.807, 2.05) is 0 Å². The quantitative estimate of drug-likeness (QED) is 0.774. The molecule has 2 aromatic carbocycles. The normalized spacial score (nSPS) is 19.1. The molecule has 0 aliphatic carbocycles. The molecule has 10 heteroatoms. The van der Waals surface area contributed by atoms with Gasteiger partial charge in [-0.05, 0) is 67.3 Å². The highest BCUT2D eigenvalue weighted by atomic mass is 32.2. The Kier molecular flexibility index (Phi) is 4.25. The number of nitrogens with one attached hydrogen (secondary N) is 1. The van der Waals surface area contributed by atoms with Gasteiger partial charge in [0.25, 0.3) is 10.0 Å². The van der Waals surface area contributed by atoms with Crippen molar-refractivity contribution in [1.29, 1.82) is 0 Å². The molecule has 0 fully saturated rings. The fourth-order valence-corrected chi connectivity index (χ4v) is 6.06. The van der Waals surface area contributed by atoms with E-state index >= 15 is 0 Å². The van der Waals surface area contributed by atoms with Crippen molar-refractivity contribution in [2.24, 2.45) is 5.14 Å². The number of carbonyl (C=O) groups is 1. The molecule has 148 valence electrons. The molecule has 2 aromatic rings. The van der Waals surface area contributed by atoms with E-state index in [-0.39, 0.29) is 21.7 Å². The first-order chi connectivity index (χ1) is 13.1. The number of fused-ring (bicyclic) bond motifs is 2. The second-order valence-corrected chi connectivity index (χ2v) is 10.4. The van der Waals surface area contributed by atoms with Gasteiger partial charge in [-0.15, -0.1) is 0 Å². The van der Waals surface area contributed by atoms with Gasteiger partial charge in [0.1, 0.15) is 0 Å². The molecule has 1 amide bonds. The van der Waals surface area contributed by atoms with Crippen LogP contribution in [0.15, 0.2) is 46.2 Å². The summed E-state index contributed by atoms with van der Waals surface area (Å²) in [6.07, 6.45) is 1.18. The van der Waals surface area contributed by atoms with E-state index in [1.54, 1.807) is 19.1 Å². The summed E-state index contributed by atoms with van der Waals surface area (Å²) in [6, 6.07) is 8.53. The van der Waals surface area contributed by atoms with Crippen LogP contribution in [0.25, 0.3) is 0 Å². The lowest BCUT2D eigenvalue weighted by Crippen LogP contribution is -2.35. The van der Waals surface area contributed by atoms with E-state index in [1.165, 1.54) is 28.6 Å². The first kappa shape index (κ1) is 18.9. The predicted molar refractivity (Wildman–Crippen MR) is 104 cm³/mol. The lowest BCUT2D eigenvalue weighted by atomic mass is 10.0. The van der Waals surface area contributed by atoms with Crippen LogP contribution in [0.2, 0.25) is 0 Å². The van der Waals surface area contributed by atoms with Gasteiger partial charge < -0.3 is 5.32 Å². The third-order valence-corrected chi connectivity index (χ3v) is 7.90. The molecular formula is C18H19N3O5S2. The molecule has 1 unspecified atom stereocenters. The number of hydrogen-bond acceptors (Lipinski definition) is 5. The van der Waals surface area contributed by atoms with Crippen LogP contribution in [0.3, 0.4) is 0 Å². The van der Waals surface area contributed by atoms with Gasteiger partial charge in [-0.2, -0.15) is 0 Å². The first-order valence-corrected chi connectivity index (χ1v) is 11.7. The number of benzene rings is 2. The van der Waals surface area contributed by atoms with Crippen LogP contribution in [0.4, 0.5) is 11.4 Å². The fourth-order valence-electron chi connectivity index (χ4n) is 3.76.